The highest BCUT2D eigenvalue weighted by atomic mass is 16.6. The van der Waals surface area contributed by atoms with Gasteiger partial charge >= 0.3 is 11.9 Å². The van der Waals surface area contributed by atoms with Crippen LogP contribution in [0.3, 0.4) is 0 Å². The quantitative estimate of drug-likeness (QED) is 0.626. The van der Waals surface area contributed by atoms with Gasteiger partial charge in [0.05, 0.1) is 11.5 Å². The van der Waals surface area contributed by atoms with E-state index in [2.05, 4.69) is 6.58 Å². The van der Waals surface area contributed by atoms with E-state index in [-0.39, 0.29) is 53.7 Å². The highest BCUT2D eigenvalue weighted by molar-refractivity contribution is 5.75. The van der Waals surface area contributed by atoms with E-state index >= 15 is 0 Å². The van der Waals surface area contributed by atoms with Crippen molar-refractivity contribution in [1.82, 2.24) is 0 Å². The first-order chi connectivity index (χ1) is 11.6. The van der Waals surface area contributed by atoms with Gasteiger partial charge in [0.25, 0.3) is 0 Å². The van der Waals surface area contributed by atoms with Crippen LogP contribution in [-0.2, 0) is 19.1 Å². The molecule has 2 aliphatic carbocycles. The Morgan fingerprint density at radius 1 is 1.48 bits per heavy atom. The van der Waals surface area contributed by atoms with Gasteiger partial charge in [0, 0.05) is 31.1 Å². The molecule has 1 heterocycles. The molecule has 25 heavy (non-hydrogen) atoms. The van der Waals surface area contributed by atoms with E-state index in [1.807, 2.05) is 27.7 Å². The van der Waals surface area contributed by atoms with Crippen LogP contribution in [-0.4, -0.2) is 34.9 Å². The highest BCUT2D eigenvalue weighted by Crippen LogP contribution is 2.54. The van der Waals surface area contributed by atoms with Crippen molar-refractivity contribution in [3.05, 3.63) is 12.2 Å². The lowest BCUT2D eigenvalue weighted by Crippen LogP contribution is -2.34. The molecular formula is C20H30O5. The maximum Gasteiger partial charge on any atom is 0.309 e. The zero-order valence-corrected chi connectivity index (χ0v) is 15.7. The first kappa shape index (κ1) is 18.4. The third-order valence-corrected chi connectivity index (χ3v) is 6.32. The molecule has 0 radical (unpaired) electrons. The van der Waals surface area contributed by atoms with Crippen LogP contribution in [0.4, 0.5) is 0 Å². The van der Waals surface area contributed by atoms with Crippen molar-refractivity contribution >= 4 is 11.9 Å². The second kappa shape index (κ2) is 6.42. The molecule has 3 fully saturated rings. The third-order valence-electron chi connectivity index (χ3n) is 6.32. The molecule has 7 unspecified atom stereocenters. The zero-order chi connectivity index (χ0) is 18.5. The predicted octanol–water partition coefficient (Wildman–Crippen LogP) is 2.86. The van der Waals surface area contributed by atoms with Crippen LogP contribution in [0.15, 0.2) is 12.2 Å². The second-order valence-electron chi connectivity index (χ2n) is 8.85. The third kappa shape index (κ3) is 3.35. The number of esters is 2. The fourth-order valence-corrected chi connectivity index (χ4v) is 5.02. The van der Waals surface area contributed by atoms with Gasteiger partial charge in [0.15, 0.2) is 0 Å². The number of rotatable bonds is 3. The molecule has 0 amide bonds. The summed E-state index contributed by atoms with van der Waals surface area (Å²) >= 11 is 0. The average Bonchev–Trinajstić information content (AvgIpc) is 2.79. The van der Waals surface area contributed by atoms with Crippen molar-refractivity contribution in [2.75, 3.05) is 0 Å². The summed E-state index contributed by atoms with van der Waals surface area (Å²) in [7, 11) is 0. The van der Waals surface area contributed by atoms with Crippen LogP contribution < -0.4 is 0 Å². The van der Waals surface area contributed by atoms with Crippen molar-refractivity contribution < 1.29 is 24.2 Å². The molecule has 0 aromatic rings. The lowest BCUT2D eigenvalue weighted by molar-refractivity contribution is -0.151. The summed E-state index contributed by atoms with van der Waals surface area (Å²) in [6.45, 7) is 11.9. The molecule has 7 atom stereocenters. The molecule has 140 valence electrons. The first-order valence-electron chi connectivity index (χ1n) is 9.40. The Bertz CT molecular complexity index is 579. The van der Waals surface area contributed by atoms with E-state index in [4.69, 9.17) is 9.47 Å². The van der Waals surface area contributed by atoms with E-state index in [0.29, 0.717) is 25.7 Å². The lowest BCUT2D eigenvalue weighted by Gasteiger charge is -2.30. The van der Waals surface area contributed by atoms with Crippen LogP contribution in [0.25, 0.3) is 0 Å². The summed E-state index contributed by atoms with van der Waals surface area (Å²) in [6.07, 6.45) is 1.59. The van der Waals surface area contributed by atoms with E-state index in [1.165, 1.54) is 0 Å². The zero-order valence-electron chi connectivity index (χ0n) is 15.7. The minimum Gasteiger partial charge on any atom is -0.462 e. The fourth-order valence-electron chi connectivity index (χ4n) is 5.02. The topological polar surface area (TPSA) is 72.8 Å². The first-order valence-corrected chi connectivity index (χ1v) is 9.40. The molecule has 0 spiro atoms. The standard InChI is InChI=1S/C20H30O5/c1-10(2)6-17(21)24-16-9-20(5,23)14-8-13-12(4)19(22)25-15(13)7-11(3)18(14)16/h10,12-16,18,23H,3,6-9H2,1-2,4-5H3. The maximum absolute atomic E-state index is 12.2. The van der Waals surface area contributed by atoms with Crippen molar-refractivity contribution in [2.45, 2.75) is 71.2 Å². The molecule has 3 rings (SSSR count). The molecule has 5 heteroatoms. The number of fused-ring (bicyclic) bond motifs is 2. The van der Waals surface area contributed by atoms with Crippen molar-refractivity contribution in [3.8, 4) is 0 Å². The Balaban J connectivity index is 1.82. The summed E-state index contributed by atoms with van der Waals surface area (Å²) in [5.74, 6) is -0.327. The molecule has 1 aliphatic heterocycles. The van der Waals surface area contributed by atoms with Gasteiger partial charge in [-0.1, -0.05) is 32.9 Å². The number of hydrogen-bond donors (Lipinski definition) is 1. The molecule has 2 saturated carbocycles. The van der Waals surface area contributed by atoms with Gasteiger partial charge in [-0.15, -0.1) is 0 Å². The molecular weight excluding hydrogens is 320 g/mol. The van der Waals surface area contributed by atoms with Crippen LogP contribution in [0.1, 0.15) is 53.4 Å². The average molecular weight is 350 g/mol. The van der Waals surface area contributed by atoms with E-state index in [9.17, 15) is 14.7 Å². The number of hydrogen-bond acceptors (Lipinski definition) is 5. The second-order valence-corrected chi connectivity index (χ2v) is 8.85. The summed E-state index contributed by atoms with van der Waals surface area (Å²) in [6, 6.07) is 0. The van der Waals surface area contributed by atoms with Crippen molar-refractivity contribution in [2.24, 2.45) is 29.6 Å². The predicted molar refractivity (Wildman–Crippen MR) is 92.5 cm³/mol. The largest absolute Gasteiger partial charge is 0.462 e. The molecule has 0 aromatic heterocycles. The summed E-state index contributed by atoms with van der Waals surface area (Å²) in [5.41, 5.74) is -0.00378. The van der Waals surface area contributed by atoms with E-state index in [0.717, 1.165) is 5.57 Å². The molecule has 0 bridgehead atoms. The Morgan fingerprint density at radius 2 is 2.16 bits per heavy atom. The molecule has 5 nitrogen and oxygen atoms in total. The molecule has 3 aliphatic rings. The Kier molecular flexibility index (Phi) is 4.73. The smallest absolute Gasteiger partial charge is 0.309 e. The van der Waals surface area contributed by atoms with Crippen LogP contribution in [0.5, 0.6) is 0 Å². The maximum atomic E-state index is 12.2. The van der Waals surface area contributed by atoms with Crippen molar-refractivity contribution in [1.29, 1.82) is 0 Å². The number of aliphatic hydroxyl groups is 1. The minimum atomic E-state index is -0.934. The van der Waals surface area contributed by atoms with Gasteiger partial charge in [-0.2, -0.15) is 0 Å². The monoisotopic (exact) mass is 350 g/mol. The summed E-state index contributed by atoms with van der Waals surface area (Å²) < 4.78 is 11.3. The summed E-state index contributed by atoms with van der Waals surface area (Å²) in [5, 5.41) is 11.0. The van der Waals surface area contributed by atoms with Crippen molar-refractivity contribution in [3.63, 3.8) is 0 Å². The normalized spacial score (nSPS) is 43.4. The summed E-state index contributed by atoms with van der Waals surface area (Å²) in [4.78, 5) is 24.1. The molecule has 1 N–H and O–H groups in total. The van der Waals surface area contributed by atoms with Crippen LogP contribution in [0, 0.1) is 29.6 Å². The lowest BCUT2D eigenvalue weighted by atomic mass is 9.77. The molecule has 0 aromatic carbocycles. The van der Waals surface area contributed by atoms with E-state index in [1.54, 1.807) is 0 Å². The SMILES string of the molecule is C=C1CC2OC(=O)C(C)C2CC2C1C(OC(=O)CC(C)C)CC2(C)O. The fraction of sp³-hybridized carbons (Fsp3) is 0.800. The minimum absolute atomic E-state index is 0.0659. The Morgan fingerprint density at radius 3 is 2.80 bits per heavy atom. The van der Waals surface area contributed by atoms with Gasteiger partial charge in [-0.3, -0.25) is 9.59 Å². The Hall–Kier alpha value is -1.36. The van der Waals surface area contributed by atoms with Gasteiger partial charge in [0.2, 0.25) is 0 Å². The Labute approximate surface area is 149 Å². The molecule has 1 saturated heterocycles. The van der Waals surface area contributed by atoms with Gasteiger partial charge in [-0.05, 0) is 25.2 Å². The van der Waals surface area contributed by atoms with E-state index < -0.39 is 5.60 Å². The number of carbonyl (C=O) groups excluding carboxylic acids is 2. The van der Waals surface area contributed by atoms with Gasteiger partial charge in [0.1, 0.15) is 12.2 Å². The van der Waals surface area contributed by atoms with Gasteiger partial charge in [-0.25, -0.2) is 0 Å². The highest BCUT2D eigenvalue weighted by Gasteiger charge is 2.57. The number of ether oxygens (including phenoxy) is 2. The van der Waals surface area contributed by atoms with Crippen LogP contribution >= 0.6 is 0 Å². The number of carbonyl (C=O) groups is 2. The van der Waals surface area contributed by atoms with Gasteiger partial charge < -0.3 is 14.6 Å². The van der Waals surface area contributed by atoms with Crippen LogP contribution in [0.2, 0.25) is 0 Å².